The van der Waals surface area contributed by atoms with Crippen LogP contribution in [0.15, 0.2) is 55.2 Å². The largest absolute Gasteiger partial charge is 0.437 e. The molecule has 3 rings (SSSR count). The number of hydrogen-bond donors (Lipinski definition) is 1. The van der Waals surface area contributed by atoms with Crippen LogP contribution in [-0.4, -0.2) is 20.9 Å². The number of para-hydroxylation sites is 1. The maximum atomic E-state index is 13.6. The molecule has 0 aliphatic heterocycles. The quantitative estimate of drug-likeness (QED) is 0.557. The number of nitrogens with zero attached hydrogens (tertiary/aromatic N) is 3. The number of halogens is 4. The zero-order valence-electron chi connectivity index (χ0n) is 15.0. The van der Waals surface area contributed by atoms with Crippen LogP contribution < -0.4 is 10.1 Å². The van der Waals surface area contributed by atoms with Crippen LogP contribution in [0.5, 0.6) is 5.75 Å². The number of anilines is 1. The Balaban J connectivity index is 1.92. The van der Waals surface area contributed by atoms with Gasteiger partial charge in [-0.15, -0.1) is 0 Å². The minimum Gasteiger partial charge on any atom is -0.406 e. The van der Waals surface area contributed by atoms with Gasteiger partial charge < -0.3 is 4.74 Å². The minimum absolute atomic E-state index is 0.0114. The molecule has 0 bridgehead atoms. The van der Waals surface area contributed by atoms with Gasteiger partial charge in [-0.3, -0.25) is 5.32 Å². The molecule has 1 aromatic carbocycles. The highest BCUT2D eigenvalue weighted by molar-refractivity contribution is 6.29. The van der Waals surface area contributed by atoms with Gasteiger partial charge in [-0.05, 0) is 30.7 Å². The fraction of sp³-hybridized carbons (Fsp3) is 0.105. The Labute approximate surface area is 168 Å². The predicted molar refractivity (Wildman–Crippen MR) is 102 cm³/mol. The number of ether oxygens (including phenoxy) is 1. The Bertz CT molecular complexity index is 1080. The van der Waals surface area contributed by atoms with Crippen molar-refractivity contribution >= 4 is 29.0 Å². The topological polar surface area (TPSA) is 69.0 Å². The fourth-order valence-corrected chi connectivity index (χ4v) is 2.72. The van der Waals surface area contributed by atoms with Gasteiger partial charge in [0.15, 0.2) is 17.3 Å². The molecule has 6 nitrogen and oxygen atoms in total. The number of pyridine rings is 1. The number of allylic oxidation sites excluding steroid dienone is 1. The van der Waals surface area contributed by atoms with E-state index in [0.717, 1.165) is 6.20 Å². The summed E-state index contributed by atoms with van der Waals surface area (Å²) in [5, 5.41) is 6.06. The van der Waals surface area contributed by atoms with E-state index in [4.69, 9.17) is 16.3 Å². The molecule has 1 amide bonds. The van der Waals surface area contributed by atoms with E-state index >= 15 is 0 Å². The van der Waals surface area contributed by atoms with E-state index < -0.39 is 23.7 Å². The summed E-state index contributed by atoms with van der Waals surface area (Å²) >= 11 is 5.75. The summed E-state index contributed by atoms with van der Waals surface area (Å²) in [6.45, 7) is 5.53. The molecule has 150 valence electrons. The van der Waals surface area contributed by atoms with Crippen molar-refractivity contribution in [2.24, 2.45) is 0 Å². The van der Waals surface area contributed by atoms with Crippen LogP contribution in [0.25, 0.3) is 11.4 Å². The molecule has 0 aliphatic rings. The smallest absolute Gasteiger partial charge is 0.406 e. The molecule has 2 aromatic heterocycles. The van der Waals surface area contributed by atoms with Crippen LogP contribution >= 0.6 is 11.6 Å². The van der Waals surface area contributed by atoms with Gasteiger partial charge in [0.05, 0.1) is 11.9 Å². The maximum Gasteiger partial charge on any atom is 0.437 e. The highest BCUT2D eigenvalue weighted by Crippen LogP contribution is 2.37. The van der Waals surface area contributed by atoms with E-state index in [1.165, 1.54) is 18.2 Å². The number of rotatable bonds is 4. The Morgan fingerprint density at radius 1 is 1.21 bits per heavy atom. The molecule has 10 heteroatoms. The van der Waals surface area contributed by atoms with Gasteiger partial charge in [0, 0.05) is 5.56 Å². The zero-order valence-corrected chi connectivity index (χ0v) is 15.8. The number of carbonyl (C=O) groups is 1. The SMILES string of the molecule is C=C(C)c1ccccc1NC(=O)Oc1cnn(-c2cccc(Cl)n2)c1C(F)(F)F. The van der Waals surface area contributed by atoms with Crippen LogP contribution in [0.3, 0.4) is 0 Å². The average Bonchev–Trinajstić information content (AvgIpc) is 3.06. The van der Waals surface area contributed by atoms with Crippen molar-refractivity contribution in [3.63, 3.8) is 0 Å². The first-order chi connectivity index (χ1) is 13.7. The molecular formula is C19H14ClF3N4O2. The third-order valence-corrected chi connectivity index (χ3v) is 3.96. The summed E-state index contributed by atoms with van der Waals surface area (Å²) < 4.78 is 46.3. The van der Waals surface area contributed by atoms with Crippen molar-refractivity contribution in [3.05, 3.63) is 71.7 Å². The van der Waals surface area contributed by atoms with Crippen molar-refractivity contribution in [1.29, 1.82) is 0 Å². The molecule has 0 unspecified atom stereocenters. The summed E-state index contributed by atoms with van der Waals surface area (Å²) in [4.78, 5) is 16.0. The van der Waals surface area contributed by atoms with Gasteiger partial charge in [0.25, 0.3) is 0 Å². The summed E-state index contributed by atoms with van der Waals surface area (Å²) in [5.41, 5.74) is 0.342. The van der Waals surface area contributed by atoms with Gasteiger partial charge in [0.2, 0.25) is 0 Å². The van der Waals surface area contributed by atoms with E-state index in [0.29, 0.717) is 21.5 Å². The summed E-state index contributed by atoms with van der Waals surface area (Å²) in [5.74, 6) is -0.947. The molecule has 29 heavy (non-hydrogen) atoms. The molecule has 0 fully saturated rings. The van der Waals surface area contributed by atoms with E-state index in [2.05, 4.69) is 22.0 Å². The molecule has 0 radical (unpaired) electrons. The molecular weight excluding hydrogens is 409 g/mol. The van der Waals surface area contributed by atoms with Crippen molar-refractivity contribution in [2.75, 3.05) is 5.32 Å². The lowest BCUT2D eigenvalue weighted by molar-refractivity contribution is -0.143. The molecule has 2 heterocycles. The number of hydrogen-bond acceptors (Lipinski definition) is 4. The third-order valence-electron chi connectivity index (χ3n) is 3.75. The van der Waals surface area contributed by atoms with Gasteiger partial charge in [-0.2, -0.15) is 18.3 Å². The number of amides is 1. The normalized spacial score (nSPS) is 11.2. The summed E-state index contributed by atoms with van der Waals surface area (Å²) in [6.07, 6.45) is -5.19. The Morgan fingerprint density at radius 3 is 2.59 bits per heavy atom. The van der Waals surface area contributed by atoms with Crippen LogP contribution in [0.4, 0.5) is 23.7 Å². The molecule has 0 saturated carbocycles. The predicted octanol–water partition coefficient (Wildman–Crippen LogP) is 5.58. The number of alkyl halides is 3. The van der Waals surface area contributed by atoms with E-state index in [1.54, 1.807) is 31.2 Å². The van der Waals surface area contributed by atoms with Crippen molar-refractivity contribution in [3.8, 4) is 11.6 Å². The van der Waals surface area contributed by atoms with Crippen molar-refractivity contribution in [2.45, 2.75) is 13.1 Å². The molecule has 0 saturated heterocycles. The first-order valence-electron chi connectivity index (χ1n) is 8.18. The molecule has 0 spiro atoms. The second kappa shape index (κ2) is 7.96. The number of nitrogens with one attached hydrogen (secondary N) is 1. The van der Waals surface area contributed by atoms with Gasteiger partial charge in [-0.1, -0.05) is 42.4 Å². The third kappa shape index (κ3) is 4.57. The standard InChI is InChI=1S/C19H14ClF3N4O2/c1-11(2)12-6-3-4-7-13(12)25-18(28)29-14-10-24-27(17(14)19(21,22)23)16-9-5-8-15(20)26-16/h3-10H,1H2,2H3,(H,25,28). The van der Waals surface area contributed by atoms with Crippen LogP contribution in [0.1, 0.15) is 18.2 Å². The van der Waals surface area contributed by atoms with E-state index in [9.17, 15) is 18.0 Å². The highest BCUT2D eigenvalue weighted by atomic mass is 35.5. The summed E-state index contributed by atoms with van der Waals surface area (Å²) in [7, 11) is 0. The minimum atomic E-state index is -4.87. The van der Waals surface area contributed by atoms with E-state index in [-0.39, 0.29) is 11.0 Å². The van der Waals surface area contributed by atoms with Crippen LogP contribution in [0.2, 0.25) is 5.15 Å². The molecule has 3 aromatic rings. The zero-order chi connectivity index (χ0) is 21.2. The first kappa shape index (κ1) is 20.4. The maximum absolute atomic E-state index is 13.6. The van der Waals surface area contributed by atoms with Crippen LogP contribution in [-0.2, 0) is 6.18 Å². The lowest BCUT2D eigenvalue weighted by Crippen LogP contribution is -2.21. The van der Waals surface area contributed by atoms with Crippen LogP contribution in [0, 0.1) is 0 Å². The Hall–Kier alpha value is -3.33. The van der Waals surface area contributed by atoms with Gasteiger partial charge in [-0.25, -0.2) is 14.5 Å². The molecule has 0 atom stereocenters. The lowest BCUT2D eigenvalue weighted by Gasteiger charge is -2.13. The second-order valence-corrected chi connectivity index (χ2v) is 6.31. The number of benzene rings is 1. The fourth-order valence-electron chi connectivity index (χ4n) is 2.56. The lowest BCUT2D eigenvalue weighted by atomic mass is 10.1. The Kier molecular flexibility index (Phi) is 5.60. The summed E-state index contributed by atoms with van der Waals surface area (Å²) in [6, 6.07) is 10.8. The number of aromatic nitrogens is 3. The highest BCUT2D eigenvalue weighted by Gasteiger charge is 2.41. The van der Waals surface area contributed by atoms with E-state index in [1.807, 2.05) is 0 Å². The van der Waals surface area contributed by atoms with Gasteiger partial charge in [0.1, 0.15) is 5.15 Å². The second-order valence-electron chi connectivity index (χ2n) is 5.93. The monoisotopic (exact) mass is 422 g/mol. The Morgan fingerprint density at radius 2 is 1.93 bits per heavy atom. The number of carbonyl (C=O) groups excluding carboxylic acids is 1. The van der Waals surface area contributed by atoms with Gasteiger partial charge >= 0.3 is 12.3 Å². The first-order valence-corrected chi connectivity index (χ1v) is 8.56. The molecule has 0 aliphatic carbocycles. The molecule has 1 N–H and O–H groups in total. The van der Waals surface area contributed by atoms with Crippen molar-refractivity contribution in [1.82, 2.24) is 14.8 Å². The van der Waals surface area contributed by atoms with Crippen molar-refractivity contribution < 1.29 is 22.7 Å². The average molecular weight is 423 g/mol.